The Morgan fingerprint density at radius 1 is 1.42 bits per heavy atom. The number of ether oxygens (including phenoxy) is 1. The van der Waals surface area contributed by atoms with Gasteiger partial charge in [-0.1, -0.05) is 6.92 Å². The number of halogens is 1. The molecular formula is C14H17BrN2OS. The number of aromatic nitrogens is 1. The van der Waals surface area contributed by atoms with E-state index in [2.05, 4.69) is 45.3 Å². The van der Waals surface area contributed by atoms with Crippen molar-refractivity contribution in [3.63, 3.8) is 0 Å². The lowest BCUT2D eigenvalue weighted by Crippen LogP contribution is -2.22. The molecule has 2 aromatic rings. The minimum absolute atomic E-state index is 0.301. The lowest BCUT2D eigenvalue weighted by molar-refractivity contribution is 0.415. The number of rotatable bonds is 6. The molecule has 1 N–H and O–H groups in total. The summed E-state index contributed by atoms with van der Waals surface area (Å²) in [6, 6.07) is 4.51. The Morgan fingerprint density at radius 2 is 2.26 bits per heavy atom. The molecule has 1 unspecified atom stereocenters. The third-order valence-electron chi connectivity index (χ3n) is 2.83. The molecule has 0 aliphatic rings. The van der Waals surface area contributed by atoms with Crippen LogP contribution < -0.4 is 10.1 Å². The standard InChI is InChI=1S/C14H17BrN2OS/c1-3-17-13(14-6-12(18-2)9-19-14)5-10-4-11(15)8-16-7-10/h4,6-9,13,17H,3,5H2,1-2H3. The summed E-state index contributed by atoms with van der Waals surface area (Å²) >= 11 is 5.19. The van der Waals surface area contributed by atoms with E-state index >= 15 is 0 Å². The third kappa shape index (κ3) is 4.03. The van der Waals surface area contributed by atoms with E-state index in [0.29, 0.717) is 6.04 Å². The highest BCUT2D eigenvalue weighted by molar-refractivity contribution is 9.10. The van der Waals surface area contributed by atoms with Gasteiger partial charge in [0, 0.05) is 33.2 Å². The zero-order valence-electron chi connectivity index (χ0n) is 11.0. The Morgan fingerprint density at radius 3 is 2.89 bits per heavy atom. The highest BCUT2D eigenvalue weighted by Gasteiger charge is 2.14. The van der Waals surface area contributed by atoms with Crippen LogP contribution in [0.5, 0.6) is 5.75 Å². The van der Waals surface area contributed by atoms with E-state index in [1.807, 2.05) is 11.6 Å². The van der Waals surface area contributed by atoms with Gasteiger partial charge in [0.2, 0.25) is 0 Å². The summed E-state index contributed by atoms with van der Waals surface area (Å²) in [5.74, 6) is 0.926. The fourth-order valence-electron chi connectivity index (χ4n) is 1.95. The van der Waals surface area contributed by atoms with E-state index < -0.39 is 0 Å². The monoisotopic (exact) mass is 340 g/mol. The quantitative estimate of drug-likeness (QED) is 0.868. The summed E-state index contributed by atoms with van der Waals surface area (Å²) in [7, 11) is 1.70. The Bertz CT molecular complexity index is 530. The van der Waals surface area contributed by atoms with Gasteiger partial charge in [0.05, 0.1) is 7.11 Å². The van der Waals surface area contributed by atoms with Gasteiger partial charge in [-0.25, -0.2) is 0 Å². The molecule has 3 nitrogen and oxygen atoms in total. The average molecular weight is 341 g/mol. The van der Waals surface area contributed by atoms with Gasteiger partial charge in [-0.05, 0) is 46.6 Å². The van der Waals surface area contributed by atoms with Crippen molar-refractivity contribution < 1.29 is 4.74 Å². The highest BCUT2D eigenvalue weighted by atomic mass is 79.9. The maximum atomic E-state index is 5.26. The Labute approximate surface area is 126 Å². The predicted molar refractivity (Wildman–Crippen MR) is 82.9 cm³/mol. The number of pyridine rings is 1. The van der Waals surface area contributed by atoms with E-state index in [4.69, 9.17) is 4.74 Å². The van der Waals surface area contributed by atoms with Gasteiger partial charge < -0.3 is 10.1 Å². The van der Waals surface area contributed by atoms with Crippen molar-refractivity contribution in [1.82, 2.24) is 10.3 Å². The van der Waals surface area contributed by atoms with Crippen LogP contribution in [0.2, 0.25) is 0 Å². The van der Waals surface area contributed by atoms with Crippen molar-refractivity contribution in [3.8, 4) is 5.75 Å². The van der Waals surface area contributed by atoms with Crippen LogP contribution >= 0.6 is 27.3 Å². The summed E-state index contributed by atoms with van der Waals surface area (Å²) in [6.45, 7) is 3.06. The Balaban J connectivity index is 2.15. The van der Waals surface area contributed by atoms with Crippen molar-refractivity contribution in [3.05, 3.63) is 44.8 Å². The molecule has 0 saturated carbocycles. The molecule has 0 bridgehead atoms. The largest absolute Gasteiger partial charge is 0.496 e. The van der Waals surface area contributed by atoms with Gasteiger partial charge in [0.15, 0.2) is 0 Å². The minimum atomic E-state index is 0.301. The molecule has 0 aliphatic heterocycles. The van der Waals surface area contributed by atoms with Crippen molar-refractivity contribution >= 4 is 27.3 Å². The smallest absolute Gasteiger partial charge is 0.129 e. The molecule has 0 aliphatic carbocycles. The SMILES string of the molecule is CCNC(Cc1cncc(Br)c1)c1cc(OC)cs1. The molecule has 0 radical (unpaired) electrons. The molecule has 19 heavy (non-hydrogen) atoms. The molecule has 0 amide bonds. The van der Waals surface area contributed by atoms with Crippen molar-refractivity contribution in [2.45, 2.75) is 19.4 Å². The fraction of sp³-hybridized carbons (Fsp3) is 0.357. The van der Waals surface area contributed by atoms with Crippen LogP contribution in [-0.2, 0) is 6.42 Å². The van der Waals surface area contributed by atoms with Gasteiger partial charge in [-0.3, -0.25) is 4.98 Å². The molecule has 0 saturated heterocycles. The number of hydrogen-bond acceptors (Lipinski definition) is 4. The second-order valence-corrected chi connectivity index (χ2v) is 6.07. The van der Waals surface area contributed by atoms with Crippen molar-refractivity contribution in [1.29, 1.82) is 0 Å². The highest BCUT2D eigenvalue weighted by Crippen LogP contribution is 2.29. The fourth-order valence-corrected chi connectivity index (χ4v) is 3.29. The molecule has 0 aromatic carbocycles. The first-order valence-electron chi connectivity index (χ1n) is 6.18. The van der Waals surface area contributed by atoms with Crippen molar-refractivity contribution in [2.75, 3.05) is 13.7 Å². The molecule has 1 atom stereocenters. The van der Waals surface area contributed by atoms with Crippen LogP contribution in [-0.4, -0.2) is 18.6 Å². The first-order valence-corrected chi connectivity index (χ1v) is 7.85. The number of nitrogens with one attached hydrogen (secondary N) is 1. The Hall–Kier alpha value is -0.910. The summed E-state index contributed by atoms with van der Waals surface area (Å²) in [5.41, 5.74) is 1.22. The van der Waals surface area contributed by atoms with Gasteiger partial charge in [0.25, 0.3) is 0 Å². The van der Waals surface area contributed by atoms with Crippen molar-refractivity contribution in [2.24, 2.45) is 0 Å². The minimum Gasteiger partial charge on any atom is -0.496 e. The normalized spacial score (nSPS) is 12.4. The summed E-state index contributed by atoms with van der Waals surface area (Å²) < 4.78 is 6.27. The van der Waals surface area contributed by atoms with Crippen LogP contribution in [0.3, 0.4) is 0 Å². The molecule has 2 rings (SSSR count). The van der Waals surface area contributed by atoms with Gasteiger partial charge in [-0.15, -0.1) is 11.3 Å². The van der Waals surface area contributed by atoms with Gasteiger partial charge in [0.1, 0.15) is 5.75 Å². The topological polar surface area (TPSA) is 34.2 Å². The maximum Gasteiger partial charge on any atom is 0.129 e. The van der Waals surface area contributed by atoms with Gasteiger partial charge in [-0.2, -0.15) is 0 Å². The van der Waals surface area contributed by atoms with E-state index in [1.54, 1.807) is 24.6 Å². The number of hydrogen-bond donors (Lipinski definition) is 1. The maximum absolute atomic E-state index is 5.26. The number of methoxy groups -OCH3 is 1. The number of thiophene rings is 1. The number of nitrogens with zero attached hydrogens (tertiary/aromatic N) is 1. The van der Waals surface area contributed by atoms with E-state index in [-0.39, 0.29) is 0 Å². The molecular weight excluding hydrogens is 324 g/mol. The molecule has 0 fully saturated rings. The summed E-state index contributed by atoms with van der Waals surface area (Å²) in [4.78, 5) is 5.51. The third-order valence-corrected chi connectivity index (χ3v) is 4.29. The first kappa shape index (κ1) is 14.5. The van der Waals surface area contributed by atoms with Crippen LogP contribution in [0.15, 0.2) is 34.4 Å². The average Bonchev–Trinajstić information content (AvgIpc) is 2.87. The van der Waals surface area contributed by atoms with Gasteiger partial charge >= 0.3 is 0 Å². The second kappa shape index (κ2) is 7.03. The lowest BCUT2D eigenvalue weighted by atomic mass is 10.1. The zero-order valence-corrected chi connectivity index (χ0v) is 13.4. The molecule has 2 aromatic heterocycles. The molecule has 2 heterocycles. The first-order chi connectivity index (χ1) is 9.22. The van der Waals surface area contributed by atoms with Crippen LogP contribution in [0.4, 0.5) is 0 Å². The number of likely N-dealkylation sites (N-methyl/N-ethyl adjacent to an activating group) is 1. The van der Waals surface area contributed by atoms with Crippen LogP contribution in [0, 0.1) is 0 Å². The van der Waals surface area contributed by atoms with E-state index in [1.165, 1.54) is 10.4 Å². The molecule has 0 spiro atoms. The predicted octanol–water partition coefficient (Wildman–Crippen LogP) is 3.81. The zero-order chi connectivity index (χ0) is 13.7. The molecule has 5 heteroatoms. The molecule has 102 valence electrons. The summed E-state index contributed by atoms with van der Waals surface area (Å²) in [6.07, 6.45) is 4.64. The van der Waals surface area contributed by atoms with E-state index in [9.17, 15) is 0 Å². The lowest BCUT2D eigenvalue weighted by Gasteiger charge is -2.16. The van der Waals surface area contributed by atoms with Crippen LogP contribution in [0.1, 0.15) is 23.4 Å². The Kier molecular flexibility index (Phi) is 5.36. The summed E-state index contributed by atoms with van der Waals surface area (Å²) in [5, 5.41) is 5.56. The van der Waals surface area contributed by atoms with Crippen LogP contribution in [0.25, 0.3) is 0 Å². The van der Waals surface area contributed by atoms with E-state index in [0.717, 1.165) is 23.2 Å². The second-order valence-electron chi connectivity index (χ2n) is 4.21.